The van der Waals surface area contributed by atoms with Gasteiger partial charge in [0.15, 0.2) is 5.78 Å². The topological polar surface area (TPSA) is 252 Å². The normalized spacial score (nSPS) is 24.9. The van der Waals surface area contributed by atoms with Crippen LogP contribution in [0.1, 0.15) is 122 Å². The molecule has 430 valence electrons. The van der Waals surface area contributed by atoms with Gasteiger partial charge in [-0.3, -0.25) is 19.1 Å². The van der Waals surface area contributed by atoms with Crippen LogP contribution in [0.4, 0.5) is 9.59 Å². The van der Waals surface area contributed by atoms with Crippen molar-refractivity contribution in [3.63, 3.8) is 0 Å². The third-order valence-electron chi connectivity index (χ3n) is 15.9. The average Bonchev–Trinajstić information content (AvgIpc) is 4.18. The molecule has 1 aromatic carbocycles. The number of esters is 2. The van der Waals surface area contributed by atoms with Gasteiger partial charge in [-0.1, -0.05) is 117 Å². The number of amides is 4. The second-order valence-corrected chi connectivity index (χ2v) is 22.4. The predicted octanol–water partition coefficient (Wildman–Crippen LogP) is 7.74. The zero-order valence-electron chi connectivity index (χ0n) is 47.4. The number of cyclic esters (lactones) is 1. The molecule has 0 radical (unpaired) electrons. The molecular weight excluding hydrogens is 1010 g/mol. The first-order chi connectivity index (χ1) is 37.8. The van der Waals surface area contributed by atoms with Crippen LogP contribution in [0, 0.1) is 41.4 Å². The number of hydrogen-bond acceptors (Lipinski definition) is 13. The van der Waals surface area contributed by atoms with Gasteiger partial charge in [-0.15, -0.1) is 5.10 Å². The summed E-state index contributed by atoms with van der Waals surface area (Å²) in [6.07, 6.45) is 22.3. The number of carbonyl (C=O) groups is 6. The number of ether oxygens (including phenoxy) is 4. The van der Waals surface area contributed by atoms with Crippen molar-refractivity contribution in [3.8, 4) is 0 Å². The summed E-state index contributed by atoms with van der Waals surface area (Å²) in [4.78, 5) is 77.7. The van der Waals surface area contributed by atoms with E-state index in [2.05, 4.69) is 39.3 Å². The highest BCUT2D eigenvalue weighted by Crippen LogP contribution is 2.53. The van der Waals surface area contributed by atoms with E-state index in [4.69, 9.17) is 24.7 Å². The molecular formula is C61H85N7O11. The largest absolute Gasteiger partial charge is 0.465 e. The smallest absolute Gasteiger partial charge is 0.408 e. The lowest BCUT2D eigenvalue weighted by Crippen LogP contribution is -2.51. The van der Waals surface area contributed by atoms with Crippen LogP contribution in [-0.4, -0.2) is 106 Å². The van der Waals surface area contributed by atoms with Gasteiger partial charge in [0.2, 0.25) is 5.91 Å². The van der Waals surface area contributed by atoms with E-state index < -0.39 is 54.2 Å². The van der Waals surface area contributed by atoms with Crippen LogP contribution in [0.2, 0.25) is 0 Å². The molecule has 1 aromatic heterocycles. The number of urea groups is 1. The quantitative estimate of drug-likeness (QED) is 0.0199. The van der Waals surface area contributed by atoms with Crippen molar-refractivity contribution in [2.75, 3.05) is 13.2 Å². The average molecular weight is 1090 g/mol. The Morgan fingerprint density at radius 2 is 1.68 bits per heavy atom. The fraction of sp³-hybridized carbons (Fsp3) is 0.574. The SMILES string of the molecule is C/C=C/[C@@H]1O[C@H](C(/C=C/C=C(\C)C[C@@H](C)/C=C\C=C(/C)[C@H]2CC=CC(=O)O2)NC(=O)OCc2ccc(CC(=O)[C@@H](CCCNC(N)=O)NC(=O)[C@H](CC(=O)OC[C@@H]3[C@@H]4CCc5nnn(C)c5CC[C@@H]43)C(C)C)cc2)C[C@@H](O)[C@@H]1C. The number of aromatic nitrogens is 3. The van der Waals surface area contributed by atoms with Crippen LogP contribution in [0.25, 0.3) is 0 Å². The molecule has 0 spiro atoms. The Morgan fingerprint density at radius 3 is 2.39 bits per heavy atom. The molecule has 6 rings (SSSR count). The van der Waals surface area contributed by atoms with E-state index in [1.165, 1.54) is 11.8 Å². The number of allylic oxidation sites excluding steroid dienone is 7. The molecule has 12 atom stereocenters. The molecule has 2 aromatic rings. The third-order valence-corrected chi connectivity index (χ3v) is 15.9. The van der Waals surface area contributed by atoms with Crippen molar-refractivity contribution in [3.05, 3.63) is 119 Å². The van der Waals surface area contributed by atoms with E-state index in [9.17, 15) is 33.9 Å². The first-order valence-electron chi connectivity index (χ1n) is 28.2. The number of fused-ring (bicyclic) bond motifs is 2. The van der Waals surface area contributed by atoms with Crippen molar-refractivity contribution >= 4 is 35.8 Å². The molecule has 18 heteroatoms. The number of rotatable bonds is 26. The van der Waals surface area contributed by atoms with E-state index in [0.717, 1.165) is 48.9 Å². The Kier molecular flexibility index (Phi) is 23.4. The van der Waals surface area contributed by atoms with Gasteiger partial charge in [0.05, 0.1) is 60.7 Å². The standard InChI is InChI=1S/C61H85N7O11/c1-9-14-55-41(7)52(69)34-56(78-55)50(18-11-16-39(5)31-38(4)15-10-17-40(6)54-20-12-21-57(71)79-54)65-61(75)77-35-43-24-22-42(23-25-43)32-53(70)49(19-13-30-63-60(62)74)64-59(73)46(37(2)3)33-58(72)76-36-47-44-26-28-48-51(29-27-45(44)47)68(8)67-66-48/h9-12,14-18,21-25,37-38,41,44-47,49-50,52,54-56,69H,13,19-20,26-36H2,1-8H3,(H,64,73)(H,65,75)(H3,62,63,74)/b14-9+,15-10-,18-11+,39-16+,40-17+/t38-,41-,44+,45-,46+,47+,49+,50?,52+,54+,55-,56-/m0/s1. The number of primary amides is 1. The minimum Gasteiger partial charge on any atom is -0.465 e. The maximum absolute atomic E-state index is 14.0. The Balaban J connectivity index is 1.01. The lowest BCUT2D eigenvalue weighted by molar-refractivity contribution is -0.148. The molecule has 3 heterocycles. The number of hydrogen-bond donors (Lipinski definition) is 5. The molecule has 79 heavy (non-hydrogen) atoms. The molecule has 2 aliphatic heterocycles. The molecule has 6 N–H and O–H groups in total. The van der Waals surface area contributed by atoms with E-state index in [0.29, 0.717) is 48.8 Å². The van der Waals surface area contributed by atoms with Crippen molar-refractivity contribution < 1.29 is 52.8 Å². The lowest BCUT2D eigenvalue weighted by atomic mass is 9.87. The van der Waals surface area contributed by atoms with Crippen LogP contribution in [0.3, 0.4) is 0 Å². The molecule has 0 bridgehead atoms. The van der Waals surface area contributed by atoms with Gasteiger partial charge in [-0.2, -0.15) is 0 Å². The number of benzene rings is 1. The van der Waals surface area contributed by atoms with Gasteiger partial charge in [-0.05, 0) is 112 Å². The summed E-state index contributed by atoms with van der Waals surface area (Å²) in [5, 5.41) is 28.0. The fourth-order valence-corrected chi connectivity index (χ4v) is 11.0. The first-order valence-corrected chi connectivity index (χ1v) is 28.2. The summed E-state index contributed by atoms with van der Waals surface area (Å²) < 4.78 is 25.2. The van der Waals surface area contributed by atoms with E-state index in [1.807, 2.05) is 102 Å². The minimum atomic E-state index is -0.909. The van der Waals surface area contributed by atoms with Crippen LogP contribution in [-0.2, 0) is 71.0 Å². The maximum Gasteiger partial charge on any atom is 0.408 e. The lowest BCUT2D eigenvalue weighted by Gasteiger charge is -2.39. The van der Waals surface area contributed by atoms with E-state index >= 15 is 0 Å². The summed E-state index contributed by atoms with van der Waals surface area (Å²) >= 11 is 0. The number of ketones is 1. The molecule has 1 saturated heterocycles. The molecule has 4 aliphatic rings. The van der Waals surface area contributed by atoms with E-state index in [1.54, 1.807) is 24.3 Å². The highest BCUT2D eigenvalue weighted by molar-refractivity contribution is 5.92. The van der Waals surface area contributed by atoms with Gasteiger partial charge >= 0.3 is 24.1 Å². The monoisotopic (exact) mass is 1090 g/mol. The summed E-state index contributed by atoms with van der Waals surface area (Å²) in [5.74, 6) is -1.12. The second-order valence-electron chi connectivity index (χ2n) is 22.4. The molecule has 2 fully saturated rings. The number of carbonyl (C=O) groups excluding carboxylic acids is 6. The number of nitrogens with zero attached hydrogens (tertiary/aromatic N) is 3. The van der Waals surface area contributed by atoms with Crippen LogP contribution in [0.15, 0.2) is 96.2 Å². The van der Waals surface area contributed by atoms with Gasteiger partial charge < -0.3 is 45.7 Å². The van der Waals surface area contributed by atoms with Gasteiger partial charge in [0.1, 0.15) is 12.7 Å². The second kappa shape index (κ2) is 30.1. The van der Waals surface area contributed by atoms with Crippen molar-refractivity contribution in [1.29, 1.82) is 0 Å². The maximum atomic E-state index is 14.0. The summed E-state index contributed by atoms with van der Waals surface area (Å²) in [5.41, 5.74) is 10.9. The summed E-state index contributed by atoms with van der Waals surface area (Å²) in [6, 6.07) is 4.82. The zero-order chi connectivity index (χ0) is 57.2. The molecule has 18 nitrogen and oxygen atoms in total. The fourth-order valence-electron chi connectivity index (χ4n) is 11.0. The third kappa shape index (κ3) is 19.0. The Bertz CT molecular complexity index is 2600. The number of Topliss-reactive ketones (excluding diaryl/α,β-unsaturated/α-hetero) is 1. The first kappa shape index (κ1) is 61.6. The Labute approximate surface area is 466 Å². The zero-order valence-corrected chi connectivity index (χ0v) is 47.4. The summed E-state index contributed by atoms with van der Waals surface area (Å²) in [7, 11) is 1.92. The summed E-state index contributed by atoms with van der Waals surface area (Å²) in [6.45, 7) is 14.1. The van der Waals surface area contributed by atoms with E-state index in [-0.39, 0.29) is 80.0 Å². The number of aliphatic hydroxyl groups is 1. The van der Waals surface area contributed by atoms with Gasteiger partial charge in [0, 0.05) is 44.8 Å². The van der Waals surface area contributed by atoms with Crippen LogP contribution in [0.5, 0.6) is 0 Å². The van der Waals surface area contributed by atoms with Crippen LogP contribution < -0.4 is 21.7 Å². The molecule has 2 aliphatic carbocycles. The molecule has 4 amide bonds. The Morgan fingerprint density at radius 1 is 0.962 bits per heavy atom. The van der Waals surface area contributed by atoms with Crippen molar-refractivity contribution in [1.82, 2.24) is 30.9 Å². The number of aliphatic hydroxyl groups excluding tert-OH is 1. The van der Waals surface area contributed by atoms with Crippen LogP contribution >= 0.6 is 0 Å². The predicted molar refractivity (Wildman–Crippen MR) is 300 cm³/mol. The highest BCUT2D eigenvalue weighted by atomic mass is 16.6. The minimum absolute atomic E-state index is 0.0152. The number of alkyl carbamates (subject to hydrolysis) is 1. The van der Waals surface area contributed by atoms with Crippen molar-refractivity contribution in [2.45, 2.75) is 162 Å². The molecule has 1 unspecified atom stereocenters. The van der Waals surface area contributed by atoms with Gasteiger partial charge in [-0.25, -0.2) is 14.4 Å². The van der Waals surface area contributed by atoms with Gasteiger partial charge in [0.25, 0.3) is 0 Å². The Hall–Kier alpha value is -6.66. The molecule has 1 saturated carbocycles. The number of aryl methyl sites for hydroxylation is 2. The number of nitrogens with two attached hydrogens (primary N) is 1. The van der Waals surface area contributed by atoms with Crippen molar-refractivity contribution in [2.24, 2.45) is 54.2 Å². The number of nitrogens with one attached hydrogen (secondary N) is 3. The highest BCUT2D eigenvalue weighted by Gasteiger charge is 2.50.